The lowest BCUT2D eigenvalue weighted by Gasteiger charge is -2.10. The number of aromatic nitrogens is 1. The summed E-state index contributed by atoms with van der Waals surface area (Å²) >= 11 is 0. The van der Waals surface area contributed by atoms with Crippen LogP contribution in [0.5, 0.6) is 5.75 Å². The summed E-state index contributed by atoms with van der Waals surface area (Å²) in [5.74, 6) is 0.832. The zero-order valence-electron chi connectivity index (χ0n) is 15.3. The predicted molar refractivity (Wildman–Crippen MR) is 105 cm³/mol. The van der Waals surface area contributed by atoms with Crippen LogP contribution in [0.2, 0.25) is 0 Å². The Kier molecular flexibility index (Phi) is 6.08. The third-order valence-corrected chi connectivity index (χ3v) is 3.96. The molecule has 130 valence electrons. The van der Waals surface area contributed by atoms with Gasteiger partial charge in [0.2, 0.25) is 0 Å². The summed E-state index contributed by atoms with van der Waals surface area (Å²) in [7, 11) is 0. The Bertz CT molecular complexity index is 886. The van der Waals surface area contributed by atoms with Gasteiger partial charge in [0.05, 0.1) is 23.4 Å². The van der Waals surface area contributed by atoms with Gasteiger partial charge in [0.25, 0.3) is 0 Å². The number of rotatable bonds is 4. The highest BCUT2D eigenvalue weighted by molar-refractivity contribution is 5.96. The minimum absolute atomic E-state index is 0.636. The van der Waals surface area contributed by atoms with E-state index in [4.69, 9.17) is 10.5 Å². The van der Waals surface area contributed by atoms with Crippen molar-refractivity contribution in [3.63, 3.8) is 0 Å². The number of nitrogens with zero attached hydrogens (tertiary/aromatic N) is 2. The third kappa shape index (κ3) is 3.46. The minimum atomic E-state index is 0.636. The summed E-state index contributed by atoms with van der Waals surface area (Å²) in [5, 5.41) is 10.6. The van der Waals surface area contributed by atoms with Gasteiger partial charge in [0.1, 0.15) is 11.8 Å². The van der Waals surface area contributed by atoms with Crippen molar-refractivity contribution >= 4 is 16.6 Å². The van der Waals surface area contributed by atoms with Crippen molar-refractivity contribution in [2.45, 2.75) is 34.2 Å². The van der Waals surface area contributed by atoms with Crippen LogP contribution in [-0.4, -0.2) is 11.2 Å². The number of hydrogen-bond acceptors (Lipinski definition) is 3. The molecule has 0 fully saturated rings. The second kappa shape index (κ2) is 8.25. The van der Waals surface area contributed by atoms with Crippen LogP contribution in [0.15, 0.2) is 42.5 Å². The minimum Gasteiger partial charge on any atom is -0.494 e. The molecular weight excluding hydrogens is 310 g/mol. The molecule has 0 aliphatic heterocycles. The monoisotopic (exact) mass is 335 g/mol. The first-order valence-corrected chi connectivity index (χ1v) is 8.74. The maximum Gasteiger partial charge on any atom is 0.119 e. The lowest BCUT2D eigenvalue weighted by Crippen LogP contribution is -1.98. The molecule has 3 rings (SSSR count). The third-order valence-electron chi connectivity index (χ3n) is 3.96. The molecule has 2 N–H and O–H groups in total. The Labute approximate surface area is 149 Å². The van der Waals surface area contributed by atoms with Gasteiger partial charge in [-0.25, -0.2) is 0 Å². The number of fused-ring (bicyclic) bond motifs is 1. The smallest absolute Gasteiger partial charge is 0.119 e. The fourth-order valence-corrected chi connectivity index (χ4v) is 2.98. The summed E-state index contributed by atoms with van der Waals surface area (Å²) in [6.07, 6.45) is 0. The van der Waals surface area contributed by atoms with Crippen molar-refractivity contribution in [1.82, 2.24) is 4.57 Å². The summed E-state index contributed by atoms with van der Waals surface area (Å²) in [6, 6.07) is 15.9. The van der Waals surface area contributed by atoms with E-state index in [0.717, 1.165) is 34.5 Å². The van der Waals surface area contributed by atoms with Gasteiger partial charge in [-0.1, -0.05) is 13.8 Å². The molecule has 0 atom stereocenters. The lowest BCUT2D eigenvalue weighted by molar-refractivity contribution is 0.340. The molecule has 3 aromatic rings. The molecule has 0 aliphatic carbocycles. The van der Waals surface area contributed by atoms with Gasteiger partial charge in [0, 0.05) is 17.6 Å². The van der Waals surface area contributed by atoms with Crippen LogP contribution in [0.4, 0.5) is 5.69 Å². The van der Waals surface area contributed by atoms with Crippen molar-refractivity contribution in [3.8, 4) is 23.1 Å². The Morgan fingerprint density at radius 3 is 2.32 bits per heavy atom. The molecule has 2 aromatic carbocycles. The zero-order chi connectivity index (χ0) is 18.4. The van der Waals surface area contributed by atoms with Crippen molar-refractivity contribution in [2.75, 3.05) is 12.3 Å². The van der Waals surface area contributed by atoms with E-state index in [1.54, 1.807) is 0 Å². The number of nitrogen functional groups attached to an aromatic ring is 1. The Balaban J connectivity index is 0.00000109. The standard InChI is InChI=1S/C19H19N3O.C2H6/c1-3-22-18-11-14(21)7-10-16(18)17(12-20)19(22)13-5-8-15(9-6-13)23-4-2;1-2/h5-11H,3-4,21H2,1-2H3;1-2H3. The largest absolute Gasteiger partial charge is 0.494 e. The van der Waals surface area contributed by atoms with E-state index in [0.29, 0.717) is 17.9 Å². The topological polar surface area (TPSA) is 64.0 Å². The highest BCUT2D eigenvalue weighted by Gasteiger charge is 2.18. The molecule has 0 saturated heterocycles. The van der Waals surface area contributed by atoms with Gasteiger partial charge in [-0.3, -0.25) is 0 Å². The molecule has 0 saturated carbocycles. The van der Waals surface area contributed by atoms with E-state index in [-0.39, 0.29) is 0 Å². The zero-order valence-corrected chi connectivity index (χ0v) is 15.3. The number of hydrogen-bond donors (Lipinski definition) is 1. The van der Waals surface area contributed by atoms with E-state index >= 15 is 0 Å². The molecular formula is C21H25N3O. The average molecular weight is 335 g/mol. The highest BCUT2D eigenvalue weighted by atomic mass is 16.5. The van der Waals surface area contributed by atoms with Crippen LogP contribution in [0.3, 0.4) is 0 Å². The molecule has 25 heavy (non-hydrogen) atoms. The maximum atomic E-state index is 9.68. The van der Waals surface area contributed by atoms with Crippen molar-refractivity contribution in [2.24, 2.45) is 0 Å². The number of aryl methyl sites for hydroxylation is 1. The van der Waals surface area contributed by atoms with Crippen molar-refractivity contribution < 1.29 is 4.74 Å². The molecule has 0 aliphatic rings. The predicted octanol–water partition coefficient (Wildman–Crippen LogP) is 5.21. The number of nitriles is 1. The second-order valence-corrected chi connectivity index (χ2v) is 5.31. The quantitative estimate of drug-likeness (QED) is 0.666. The van der Waals surface area contributed by atoms with Gasteiger partial charge in [0.15, 0.2) is 0 Å². The number of ether oxygens (including phenoxy) is 1. The molecule has 4 nitrogen and oxygen atoms in total. The van der Waals surface area contributed by atoms with E-state index in [1.807, 2.05) is 63.2 Å². The molecule has 4 heteroatoms. The summed E-state index contributed by atoms with van der Waals surface area (Å²) in [5.41, 5.74) is 10.2. The first-order valence-electron chi connectivity index (χ1n) is 8.74. The molecule has 0 spiro atoms. The van der Waals surface area contributed by atoms with E-state index < -0.39 is 0 Å². The van der Waals surface area contributed by atoms with Crippen LogP contribution >= 0.6 is 0 Å². The molecule has 0 unspecified atom stereocenters. The fraction of sp³-hybridized carbons (Fsp3) is 0.286. The van der Waals surface area contributed by atoms with E-state index in [1.165, 1.54) is 0 Å². The number of nitrogens with two attached hydrogens (primary N) is 1. The average Bonchev–Trinajstić information content (AvgIpc) is 2.96. The van der Waals surface area contributed by atoms with Crippen molar-refractivity contribution in [3.05, 3.63) is 48.0 Å². The molecule has 1 heterocycles. The summed E-state index contributed by atoms with van der Waals surface area (Å²) in [6.45, 7) is 9.43. The summed E-state index contributed by atoms with van der Waals surface area (Å²) < 4.78 is 7.63. The van der Waals surface area contributed by atoms with Crippen LogP contribution in [0.25, 0.3) is 22.2 Å². The van der Waals surface area contributed by atoms with Gasteiger partial charge in [-0.15, -0.1) is 0 Å². The van der Waals surface area contributed by atoms with Gasteiger partial charge in [-0.2, -0.15) is 5.26 Å². The molecule has 0 radical (unpaired) electrons. The van der Waals surface area contributed by atoms with Crippen LogP contribution in [0, 0.1) is 11.3 Å². The van der Waals surface area contributed by atoms with E-state index in [2.05, 4.69) is 17.6 Å². The first-order chi connectivity index (χ1) is 12.2. The second-order valence-electron chi connectivity index (χ2n) is 5.31. The van der Waals surface area contributed by atoms with Crippen molar-refractivity contribution in [1.29, 1.82) is 5.26 Å². The van der Waals surface area contributed by atoms with Crippen LogP contribution in [0.1, 0.15) is 33.3 Å². The fourth-order valence-electron chi connectivity index (χ4n) is 2.98. The normalized spacial score (nSPS) is 10.0. The maximum absolute atomic E-state index is 9.68. The van der Waals surface area contributed by atoms with Gasteiger partial charge in [-0.05, 0) is 61.9 Å². The SMILES string of the molecule is CC.CCOc1ccc(-c2c(C#N)c3ccc(N)cc3n2CC)cc1. The lowest BCUT2D eigenvalue weighted by atomic mass is 10.1. The number of benzene rings is 2. The molecule has 0 amide bonds. The molecule has 1 aromatic heterocycles. The first kappa shape index (κ1) is 18.4. The molecule has 0 bridgehead atoms. The summed E-state index contributed by atoms with van der Waals surface area (Å²) in [4.78, 5) is 0. The van der Waals surface area contributed by atoms with Crippen LogP contribution < -0.4 is 10.5 Å². The number of anilines is 1. The Morgan fingerprint density at radius 2 is 1.76 bits per heavy atom. The van der Waals surface area contributed by atoms with Gasteiger partial charge < -0.3 is 15.0 Å². The highest BCUT2D eigenvalue weighted by Crippen LogP contribution is 2.35. The Hall–Kier alpha value is -2.93. The van der Waals surface area contributed by atoms with Gasteiger partial charge >= 0.3 is 0 Å². The van der Waals surface area contributed by atoms with Crippen LogP contribution in [-0.2, 0) is 6.54 Å². The Morgan fingerprint density at radius 1 is 1.08 bits per heavy atom. The van der Waals surface area contributed by atoms with E-state index in [9.17, 15) is 5.26 Å².